The first kappa shape index (κ1) is 9.03. The smallest absolute Gasteiger partial charge is 0.125 e. The largest absolute Gasteiger partial charge is 0.376 e. The van der Waals surface area contributed by atoms with Gasteiger partial charge in [0.15, 0.2) is 0 Å². The molecule has 0 aliphatic rings. The van der Waals surface area contributed by atoms with Crippen LogP contribution in [0.4, 0.5) is 5.69 Å². The van der Waals surface area contributed by atoms with Gasteiger partial charge in [0, 0.05) is 5.69 Å². The van der Waals surface area contributed by atoms with Crippen molar-refractivity contribution < 1.29 is 10.2 Å². The molecule has 0 fully saturated rings. The minimum atomic E-state index is -0.669. The molecule has 3 heteroatoms. The number of hydrogen-bond acceptors (Lipinski definition) is 3. The van der Waals surface area contributed by atoms with E-state index >= 15 is 0 Å². The van der Waals surface area contributed by atoms with Gasteiger partial charge in [0.05, 0.1) is 0 Å². The number of para-hydroxylation sites is 1. The molecule has 0 aromatic heterocycles. The second kappa shape index (κ2) is 4.09. The number of nitrogens with zero attached hydrogens (tertiary/aromatic N) is 1. The lowest BCUT2D eigenvalue weighted by Gasteiger charge is -2.24. The van der Waals surface area contributed by atoms with Crippen LogP contribution in [0.3, 0.4) is 0 Å². The Morgan fingerprint density at radius 2 is 1.92 bits per heavy atom. The average Bonchev–Trinajstić information content (AvgIpc) is 2.07. The summed E-state index contributed by atoms with van der Waals surface area (Å²) >= 11 is 0. The standard InChI is InChI=1S/C9H13NO2/c1-8(12)10(7-11)9-5-3-2-4-6-9/h2-6,8,11-12H,7H2,1H3. The molecule has 12 heavy (non-hydrogen) atoms. The number of benzene rings is 1. The molecule has 2 N–H and O–H groups in total. The highest BCUT2D eigenvalue weighted by molar-refractivity contribution is 5.45. The van der Waals surface area contributed by atoms with Crippen molar-refractivity contribution >= 4 is 5.69 Å². The van der Waals surface area contributed by atoms with E-state index in [1.807, 2.05) is 30.3 Å². The van der Waals surface area contributed by atoms with Gasteiger partial charge in [-0.25, -0.2) is 0 Å². The SMILES string of the molecule is CC(O)N(CO)c1ccccc1. The molecule has 1 aromatic carbocycles. The van der Waals surface area contributed by atoms with Gasteiger partial charge in [-0.05, 0) is 19.1 Å². The van der Waals surface area contributed by atoms with Crippen LogP contribution in [0.5, 0.6) is 0 Å². The summed E-state index contributed by atoms with van der Waals surface area (Å²) < 4.78 is 0. The van der Waals surface area contributed by atoms with E-state index in [2.05, 4.69) is 0 Å². The third-order valence-corrected chi connectivity index (χ3v) is 1.69. The lowest BCUT2D eigenvalue weighted by Crippen LogP contribution is -2.33. The van der Waals surface area contributed by atoms with Crippen LogP contribution in [0, 0.1) is 0 Å². The molecule has 1 aromatic rings. The summed E-state index contributed by atoms with van der Waals surface area (Å²) in [7, 11) is 0. The Balaban J connectivity index is 2.80. The van der Waals surface area contributed by atoms with Gasteiger partial charge in [-0.2, -0.15) is 0 Å². The molecule has 0 aliphatic heterocycles. The van der Waals surface area contributed by atoms with E-state index in [9.17, 15) is 5.11 Å². The van der Waals surface area contributed by atoms with Crippen LogP contribution in [-0.4, -0.2) is 23.2 Å². The summed E-state index contributed by atoms with van der Waals surface area (Å²) in [6.07, 6.45) is -0.669. The van der Waals surface area contributed by atoms with E-state index in [0.717, 1.165) is 5.69 Å². The molecule has 1 rings (SSSR count). The topological polar surface area (TPSA) is 43.7 Å². The molecule has 0 radical (unpaired) electrons. The van der Waals surface area contributed by atoms with E-state index in [1.165, 1.54) is 4.90 Å². The zero-order valence-corrected chi connectivity index (χ0v) is 7.01. The Labute approximate surface area is 71.9 Å². The first-order chi connectivity index (χ1) is 5.75. The van der Waals surface area contributed by atoms with Crippen LogP contribution in [0.2, 0.25) is 0 Å². The van der Waals surface area contributed by atoms with E-state index in [4.69, 9.17) is 5.11 Å². The van der Waals surface area contributed by atoms with Crippen LogP contribution in [0.25, 0.3) is 0 Å². The summed E-state index contributed by atoms with van der Waals surface area (Å²) in [5.74, 6) is 0. The van der Waals surface area contributed by atoms with Crippen molar-refractivity contribution in [2.24, 2.45) is 0 Å². The predicted octanol–water partition coefficient (Wildman–Crippen LogP) is 0.781. The van der Waals surface area contributed by atoms with Gasteiger partial charge in [0.1, 0.15) is 13.0 Å². The van der Waals surface area contributed by atoms with Gasteiger partial charge in [-0.15, -0.1) is 0 Å². The Morgan fingerprint density at radius 1 is 1.33 bits per heavy atom. The molecular formula is C9H13NO2. The third-order valence-electron chi connectivity index (χ3n) is 1.69. The number of aliphatic hydroxyl groups is 2. The van der Waals surface area contributed by atoms with Crippen molar-refractivity contribution in [3.63, 3.8) is 0 Å². The predicted molar refractivity (Wildman–Crippen MR) is 47.7 cm³/mol. The molecule has 1 unspecified atom stereocenters. The summed E-state index contributed by atoms with van der Waals surface area (Å²) in [6.45, 7) is 1.44. The Morgan fingerprint density at radius 3 is 2.33 bits per heavy atom. The minimum Gasteiger partial charge on any atom is -0.376 e. The highest BCUT2D eigenvalue weighted by Gasteiger charge is 2.08. The van der Waals surface area contributed by atoms with Crippen molar-refractivity contribution in [2.75, 3.05) is 11.6 Å². The molecule has 0 saturated heterocycles. The average molecular weight is 167 g/mol. The Kier molecular flexibility index (Phi) is 3.08. The number of anilines is 1. The normalized spacial score (nSPS) is 12.6. The molecule has 3 nitrogen and oxygen atoms in total. The van der Waals surface area contributed by atoms with Gasteiger partial charge in [-0.1, -0.05) is 18.2 Å². The van der Waals surface area contributed by atoms with Gasteiger partial charge in [0.2, 0.25) is 0 Å². The molecule has 66 valence electrons. The Bertz CT molecular complexity index is 223. The van der Waals surface area contributed by atoms with E-state index in [-0.39, 0.29) is 6.73 Å². The number of hydrogen-bond donors (Lipinski definition) is 2. The van der Waals surface area contributed by atoms with Crippen molar-refractivity contribution in [2.45, 2.75) is 13.2 Å². The van der Waals surface area contributed by atoms with Crippen LogP contribution < -0.4 is 4.90 Å². The molecule has 0 bridgehead atoms. The summed E-state index contributed by atoms with van der Waals surface area (Å²) in [6, 6.07) is 9.29. The van der Waals surface area contributed by atoms with Crippen molar-refractivity contribution in [3.8, 4) is 0 Å². The second-order valence-corrected chi connectivity index (χ2v) is 2.58. The molecule has 0 heterocycles. The zero-order valence-electron chi connectivity index (χ0n) is 7.01. The molecule has 0 spiro atoms. The van der Waals surface area contributed by atoms with Crippen molar-refractivity contribution in [3.05, 3.63) is 30.3 Å². The zero-order chi connectivity index (χ0) is 8.97. The third kappa shape index (κ3) is 1.96. The summed E-state index contributed by atoms with van der Waals surface area (Å²) in [5.41, 5.74) is 0.815. The number of aliphatic hydroxyl groups excluding tert-OH is 2. The maximum atomic E-state index is 9.23. The van der Waals surface area contributed by atoms with Crippen LogP contribution in [0.15, 0.2) is 30.3 Å². The molecule has 0 saturated carbocycles. The van der Waals surface area contributed by atoms with Crippen LogP contribution in [-0.2, 0) is 0 Å². The van der Waals surface area contributed by atoms with Gasteiger partial charge < -0.3 is 15.1 Å². The highest BCUT2D eigenvalue weighted by Crippen LogP contribution is 2.13. The van der Waals surface area contributed by atoms with E-state index in [1.54, 1.807) is 6.92 Å². The summed E-state index contributed by atoms with van der Waals surface area (Å²) in [4.78, 5) is 1.49. The molecular weight excluding hydrogens is 154 g/mol. The van der Waals surface area contributed by atoms with E-state index in [0.29, 0.717) is 0 Å². The minimum absolute atomic E-state index is 0.179. The lowest BCUT2D eigenvalue weighted by molar-refractivity contribution is 0.151. The molecule has 1 atom stereocenters. The van der Waals surface area contributed by atoms with Gasteiger partial charge in [0.25, 0.3) is 0 Å². The fourth-order valence-electron chi connectivity index (χ4n) is 1.04. The first-order valence-corrected chi connectivity index (χ1v) is 3.86. The number of rotatable bonds is 3. The first-order valence-electron chi connectivity index (χ1n) is 3.86. The van der Waals surface area contributed by atoms with Gasteiger partial charge in [-0.3, -0.25) is 0 Å². The highest BCUT2D eigenvalue weighted by atomic mass is 16.3. The molecule has 0 aliphatic carbocycles. The second-order valence-electron chi connectivity index (χ2n) is 2.58. The van der Waals surface area contributed by atoms with Crippen LogP contribution >= 0.6 is 0 Å². The van der Waals surface area contributed by atoms with E-state index < -0.39 is 6.23 Å². The van der Waals surface area contributed by atoms with Crippen LogP contribution in [0.1, 0.15) is 6.92 Å². The lowest BCUT2D eigenvalue weighted by atomic mass is 10.3. The quantitative estimate of drug-likeness (QED) is 0.654. The van der Waals surface area contributed by atoms with Crippen molar-refractivity contribution in [1.29, 1.82) is 0 Å². The van der Waals surface area contributed by atoms with Crippen molar-refractivity contribution in [1.82, 2.24) is 0 Å². The fourth-order valence-corrected chi connectivity index (χ4v) is 1.04. The maximum Gasteiger partial charge on any atom is 0.125 e. The molecule has 0 amide bonds. The summed E-state index contributed by atoms with van der Waals surface area (Å²) in [5, 5.41) is 18.1. The van der Waals surface area contributed by atoms with Gasteiger partial charge >= 0.3 is 0 Å². The maximum absolute atomic E-state index is 9.23. The monoisotopic (exact) mass is 167 g/mol. The Hall–Kier alpha value is -1.06. The fraction of sp³-hybridized carbons (Fsp3) is 0.333.